The topological polar surface area (TPSA) is 74.7 Å². The normalized spacial score (nSPS) is 20.6. The van der Waals surface area contributed by atoms with Crippen molar-refractivity contribution in [1.29, 1.82) is 0 Å². The average Bonchev–Trinajstić information content (AvgIpc) is 2.77. The quantitative estimate of drug-likeness (QED) is 0.909. The van der Waals surface area contributed by atoms with E-state index in [-0.39, 0.29) is 11.3 Å². The van der Waals surface area contributed by atoms with E-state index in [1.807, 2.05) is 0 Å². The molecule has 1 aliphatic rings. The second-order valence-electron chi connectivity index (χ2n) is 4.46. The summed E-state index contributed by atoms with van der Waals surface area (Å²) in [5.41, 5.74) is 0. The van der Waals surface area contributed by atoms with E-state index in [0.29, 0.717) is 19.4 Å². The molecule has 0 aliphatic carbocycles. The summed E-state index contributed by atoms with van der Waals surface area (Å²) in [6.45, 7) is 0.303. The number of carboxylic acids is 1. The highest BCUT2D eigenvalue weighted by Crippen LogP contribution is 2.27. The van der Waals surface area contributed by atoms with Gasteiger partial charge in [0.05, 0.1) is 11.3 Å². The highest BCUT2D eigenvalue weighted by molar-refractivity contribution is 7.89. The van der Waals surface area contributed by atoms with Crippen LogP contribution in [0.5, 0.6) is 0 Å². The predicted octanol–water partition coefficient (Wildman–Crippen LogP) is 1.45. The summed E-state index contributed by atoms with van der Waals surface area (Å²) >= 11 is 0. The molecule has 1 N–H and O–H groups in total. The second kappa shape index (κ2) is 5.26. The van der Waals surface area contributed by atoms with Gasteiger partial charge in [-0.3, -0.25) is 4.79 Å². The third kappa shape index (κ3) is 2.93. The molecule has 1 aliphatic heterocycles. The van der Waals surface area contributed by atoms with Crippen LogP contribution < -0.4 is 0 Å². The molecule has 0 aromatic heterocycles. The molecule has 0 radical (unpaired) electrons. The van der Waals surface area contributed by atoms with Crippen LogP contribution in [0.3, 0.4) is 0 Å². The van der Waals surface area contributed by atoms with Gasteiger partial charge in [0.25, 0.3) is 0 Å². The SMILES string of the molecule is O=C(O)C[C@H]1CCCN1S(=O)(=O)c1ccc(F)cc1. The Kier molecular flexibility index (Phi) is 3.86. The molecule has 1 heterocycles. The Bertz CT molecular complexity index is 570. The molecule has 0 spiro atoms. The zero-order valence-electron chi connectivity index (χ0n) is 10.1. The Hall–Kier alpha value is -1.47. The smallest absolute Gasteiger partial charge is 0.304 e. The van der Waals surface area contributed by atoms with E-state index in [0.717, 1.165) is 12.1 Å². The number of aliphatic carboxylic acids is 1. The first kappa shape index (κ1) is 14.0. The molecule has 1 saturated heterocycles. The number of carbonyl (C=O) groups is 1. The number of sulfonamides is 1. The maximum absolute atomic E-state index is 12.8. The van der Waals surface area contributed by atoms with Gasteiger partial charge < -0.3 is 5.11 Å². The van der Waals surface area contributed by atoms with Crippen molar-refractivity contribution in [3.8, 4) is 0 Å². The van der Waals surface area contributed by atoms with Crippen molar-refractivity contribution in [3.05, 3.63) is 30.1 Å². The van der Waals surface area contributed by atoms with Crippen LogP contribution in [0.4, 0.5) is 4.39 Å². The third-order valence-corrected chi connectivity index (χ3v) is 5.12. The van der Waals surface area contributed by atoms with E-state index in [2.05, 4.69) is 0 Å². The first-order valence-electron chi connectivity index (χ1n) is 5.90. The van der Waals surface area contributed by atoms with E-state index in [4.69, 9.17) is 5.11 Å². The van der Waals surface area contributed by atoms with E-state index in [9.17, 15) is 17.6 Å². The van der Waals surface area contributed by atoms with Crippen molar-refractivity contribution in [2.75, 3.05) is 6.54 Å². The molecule has 19 heavy (non-hydrogen) atoms. The van der Waals surface area contributed by atoms with Crippen LogP contribution in [0.15, 0.2) is 29.2 Å². The van der Waals surface area contributed by atoms with Crippen LogP contribution in [0, 0.1) is 5.82 Å². The van der Waals surface area contributed by atoms with Crippen molar-refractivity contribution in [2.45, 2.75) is 30.2 Å². The molecule has 2 rings (SSSR count). The summed E-state index contributed by atoms with van der Waals surface area (Å²) in [7, 11) is -3.75. The number of nitrogens with zero attached hydrogens (tertiary/aromatic N) is 1. The Balaban J connectivity index is 2.28. The molecular weight excluding hydrogens is 273 g/mol. The summed E-state index contributed by atoms with van der Waals surface area (Å²) in [5, 5.41) is 8.79. The van der Waals surface area contributed by atoms with Gasteiger partial charge in [-0.25, -0.2) is 12.8 Å². The van der Waals surface area contributed by atoms with Crippen molar-refractivity contribution >= 4 is 16.0 Å². The Labute approximate surface area is 110 Å². The van der Waals surface area contributed by atoms with Crippen LogP contribution in [0.1, 0.15) is 19.3 Å². The Morgan fingerprint density at radius 2 is 2.00 bits per heavy atom. The van der Waals surface area contributed by atoms with Crippen LogP contribution in [0.25, 0.3) is 0 Å². The van der Waals surface area contributed by atoms with Gasteiger partial charge >= 0.3 is 5.97 Å². The minimum Gasteiger partial charge on any atom is -0.481 e. The predicted molar refractivity (Wildman–Crippen MR) is 65.6 cm³/mol. The Morgan fingerprint density at radius 3 is 2.58 bits per heavy atom. The highest BCUT2D eigenvalue weighted by Gasteiger charge is 2.36. The van der Waals surface area contributed by atoms with Crippen molar-refractivity contribution < 1.29 is 22.7 Å². The van der Waals surface area contributed by atoms with Gasteiger partial charge in [-0.15, -0.1) is 0 Å². The monoisotopic (exact) mass is 287 g/mol. The molecule has 0 bridgehead atoms. The van der Waals surface area contributed by atoms with Crippen molar-refractivity contribution in [1.82, 2.24) is 4.31 Å². The minimum atomic E-state index is -3.75. The molecule has 0 amide bonds. The van der Waals surface area contributed by atoms with Crippen molar-refractivity contribution in [3.63, 3.8) is 0 Å². The lowest BCUT2D eigenvalue weighted by molar-refractivity contribution is -0.137. The van der Waals surface area contributed by atoms with E-state index >= 15 is 0 Å². The van der Waals surface area contributed by atoms with Crippen LogP contribution in [0.2, 0.25) is 0 Å². The molecule has 1 atom stereocenters. The lowest BCUT2D eigenvalue weighted by Gasteiger charge is -2.22. The van der Waals surface area contributed by atoms with Gasteiger partial charge in [0.2, 0.25) is 10.0 Å². The third-order valence-electron chi connectivity index (χ3n) is 3.15. The second-order valence-corrected chi connectivity index (χ2v) is 6.35. The van der Waals surface area contributed by atoms with Gasteiger partial charge in [-0.05, 0) is 37.1 Å². The fourth-order valence-electron chi connectivity index (χ4n) is 2.27. The summed E-state index contributed by atoms with van der Waals surface area (Å²) in [6.07, 6.45) is 0.964. The maximum Gasteiger partial charge on any atom is 0.304 e. The average molecular weight is 287 g/mol. The van der Waals surface area contributed by atoms with Gasteiger partial charge in [-0.1, -0.05) is 0 Å². The summed E-state index contributed by atoms with van der Waals surface area (Å²) in [4.78, 5) is 10.7. The molecule has 1 aromatic rings. The van der Waals surface area contributed by atoms with E-state index in [1.165, 1.54) is 16.4 Å². The molecule has 5 nitrogen and oxygen atoms in total. The van der Waals surface area contributed by atoms with Crippen molar-refractivity contribution in [2.24, 2.45) is 0 Å². The number of carboxylic acid groups (broad SMARTS) is 1. The van der Waals surface area contributed by atoms with Gasteiger partial charge in [0, 0.05) is 12.6 Å². The lowest BCUT2D eigenvalue weighted by Crippen LogP contribution is -2.36. The first-order chi connectivity index (χ1) is 8.91. The fraction of sp³-hybridized carbons (Fsp3) is 0.417. The van der Waals surface area contributed by atoms with E-state index in [1.54, 1.807) is 0 Å². The van der Waals surface area contributed by atoms with Crippen LogP contribution >= 0.6 is 0 Å². The molecule has 104 valence electrons. The zero-order chi connectivity index (χ0) is 14.0. The van der Waals surface area contributed by atoms with Gasteiger partial charge in [0.1, 0.15) is 5.82 Å². The molecular formula is C12H14FNO4S. The highest BCUT2D eigenvalue weighted by atomic mass is 32.2. The standard InChI is InChI=1S/C12H14FNO4S/c13-9-3-5-11(6-4-9)19(17,18)14-7-1-2-10(14)8-12(15)16/h3-6,10H,1-2,7-8H2,(H,15,16)/t10-/m1/s1. The van der Waals surface area contributed by atoms with Gasteiger partial charge in [-0.2, -0.15) is 4.31 Å². The Morgan fingerprint density at radius 1 is 1.37 bits per heavy atom. The number of hydrogen-bond acceptors (Lipinski definition) is 3. The number of rotatable bonds is 4. The largest absolute Gasteiger partial charge is 0.481 e. The van der Waals surface area contributed by atoms with E-state index < -0.39 is 27.9 Å². The fourth-order valence-corrected chi connectivity index (χ4v) is 3.97. The summed E-state index contributed by atoms with van der Waals surface area (Å²) in [6, 6.07) is 4.03. The summed E-state index contributed by atoms with van der Waals surface area (Å²) in [5.74, 6) is -1.53. The van der Waals surface area contributed by atoms with Crippen LogP contribution in [-0.4, -0.2) is 36.4 Å². The zero-order valence-corrected chi connectivity index (χ0v) is 10.9. The maximum atomic E-state index is 12.8. The molecule has 0 unspecified atom stereocenters. The molecule has 1 aromatic carbocycles. The molecule has 0 saturated carbocycles. The number of hydrogen-bond donors (Lipinski definition) is 1. The lowest BCUT2D eigenvalue weighted by atomic mass is 10.2. The van der Waals surface area contributed by atoms with Crippen LogP contribution in [-0.2, 0) is 14.8 Å². The summed E-state index contributed by atoms with van der Waals surface area (Å²) < 4.78 is 38.7. The molecule has 1 fully saturated rings. The number of benzene rings is 1. The van der Waals surface area contributed by atoms with Gasteiger partial charge in [0.15, 0.2) is 0 Å². The number of halogens is 1. The minimum absolute atomic E-state index is 0.00816. The first-order valence-corrected chi connectivity index (χ1v) is 7.34. The molecule has 7 heteroatoms.